The zero-order valence-electron chi connectivity index (χ0n) is 16.2. The molecule has 0 aliphatic carbocycles. The van der Waals surface area contributed by atoms with E-state index in [0.717, 1.165) is 15.0 Å². The Bertz CT molecular complexity index is 1290. The van der Waals surface area contributed by atoms with E-state index in [4.69, 9.17) is 4.74 Å². The number of aromatic nitrogens is 1. The number of nitrogens with one attached hydrogen (secondary N) is 1. The lowest BCUT2D eigenvalue weighted by Gasteiger charge is -2.23. The van der Waals surface area contributed by atoms with Crippen molar-refractivity contribution in [1.29, 1.82) is 0 Å². The first-order chi connectivity index (χ1) is 14.5. The van der Waals surface area contributed by atoms with E-state index < -0.39 is 12.0 Å². The minimum atomic E-state index is -0.546. The van der Waals surface area contributed by atoms with Crippen molar-refractivity contribution in [3.05, 3.63) is 82.1 Å². The fourth-order valence-corrected chi connectivity index (χ4v) is 5.26. The average molecular weight is 504 g/mol. The number of thiazole rings is 1. The predicted molar refractivity (Wildman–Crippen MR) is 123 cm³/mol. The van der Waals surface area contributed by atoms with Gasteiger partial charge in [-0.25, -0.2) is 9.79 Å². The summed E-state index contributed by atoms with van der Waals surface area (Å²) in [6.07, 6.45) is 1.68. The molecule has 0 saturated carbocycles. The number of allylic oxidation sites excluding steroid dienone is 1. The number of benzene rings is 1. The fraction of sp³-hybridized carbons (Fsp3) is 0.190. The number of carbonyl (C=O) groups is 1. The Morgan fingerprint density at radius 2 is 2.10 bits per heavy atom. The molecule has 4 rings (SSSR count). The molecule has 1 atom stereocenters. The van der Waals surface area contributed by atoms with Crippen LogP contribution >= 0.6 is 38.6 Å². The van der Waals surface area contributed by atoms with Crippen molar-refractivity contribution in [1.82, 2.24) is 4.57 Å². The van der Waals surface area contributed by atoms with Gasteiger partial charge in [0.25, 0.3) is 5.56 Å². The van der Waals surface area contributed by atoms with Crippen LogP contribution in [0, 0.1) is 0 Å². The van der Waals surface area contributed by atoms with E-state index in [1.165, 1.54) is 22.7 Å². The molecule has 0 unspecified atom stereocenters. The Morgan fingerprint density at radius 1 is 1.33 bits per heavy atom. The Balaban J connectivity index is 1.83. The van der Waals surface area contributed by atoms with Crippen molar-refractivity contribution in [2.75, 3.05) is 11.9 Å². The van der Waals surface area contributed by atoms with Crippen LogP contribution < -0.4 is 20.2 Å². The van der Waals surface area contributed by atoms with E-state index >= 15 is 0 Å². The molecule has 1 aliphatic heterocycles. The van der Waals surface area contributed by atoms with Crippen LogP contribution in [0.4, 0.5) is 5.69 Å². The Kier molecular flexibility index (Phi) is 6.03. The lowest BCUT2D eigenvalue weighted by molar-refractivity contribution is -0.139. The van der Waals surface area contributed by atoms with Crippen LogP contribution in [-0.2, 0) is 9.53 Å². The molecule has 3 heterocycles. The summed E-state index contributed by atoms with van der Waals surface area (Å²) in [5.41, 5.74) is 1.64. The van der Waals surface area contributed by atoms with E-state index in [1.807, 2.05) is 41.8 Å². The second-order valence-electron chi connectivity index (χ2n) is 6.47. The zero-order valence-corrected chi connectivity index (χ0v) is 19.4. The molecule has 0 saturated heterocycles. The van der Waals surface area contributed by atoms with Crippen LogP contribution in [0.2, 0.25) is 0 Å². The summed E-state index contributed by atoms with van der Waals surface area (Å²) in [5.74, 6) is -0.445. The first-order valence-corrected chi connectivity index (χ1v) is 11.7. The second-order valence-corrected chi connectivity index (χ2v) is 9.37. The highest BCUT2D eigenvalue weighted by atomic mass is 79.9. The summed E-state index contributed by atoms with van der Waals surface area (Å²) < 4.78 is 8.34. The molecule has 0 amide bonds. The van der Waals surface area contributed by atoms with Gasteiger partial charge < -0.3 is 10.1 Å². The molecule has 6 nitrogen and oxygen atoms in total. The molecule has 0 spiro atoms. The fourth-order valence-electron chi connectivity index (χ4n) is 3.20. The van der Waals surface area contributed by atoms with Gasteiger partial charge in [-0.15, -0.1) is 11.3 Å². The first-order valence-electron chi connectivity index (χ1n) is 9.23. The van der Waals surface area contributed by atoms with Gasteiger partial charge in [0.05, 0.1) is 17.9 Å². The van der Waals surface area contributed by atoms with Gasteiger partial charge in [-0.1, -0.05) is 33.3 Å². The van der Waals surface area contributed by atoms with Gasteiger partial charge in [-0.3, -0.25) is 9.36 Å². The van der Waals surface area contributed by atoms with E-state index in [1.54, 1.807) is 24.6 Å². The maximum absolute atomic E-state index is 13.3. The molecule has 154 valence electrons. The molecular weight excluding hydrogens is 486 g/mol. The number of ether oxygens (including phenoxy) is 1. The number of halogens is 1. The smallest absolute Gasteiger partial charge is 0.338 e. The van der Waals surface area contributed by atoms with Crippen LogP contribution in [0.1, 0.15) is 24.8 Å². The summed E-state index contributed by atoms with van der Waals surface area (Å²) in [6.45, 7) is 3.80. The normalized spacial score (nSPS) is 16.2. The standard InChI is InChI=1S/C21H18BrN3O3S2/c1-3-28-20(27)17-12(2)24-21-25(18(17)15-5-4-10-29-15)19(26)16(30-21)11-23-14-8-6-13(22)7-9-14/h4-11,18,23H,3H2,1-2H3/b16-11-/t18-/m0/s1. The number of thiophene rings is 1. The first kappa shape index (κ1) is 20.8. The minimum Gasteiger partial charge on any atom is -0.463 e. The third-order valence-corrected chi connectivity index (χ3v) is 6.98. The summed E-state index contributed by atoms with van der Waals surface area (Å²) >= 11 is 6.19. The Hall–Kier alpha value is -2.49. The van der Waals surface area contributed by atoms with Crippen molar-refractivity contribution >= 4 is 56.5 Å². The molecule has 3 aromatic rings. The lowest BCUT2D eigenvalue weighted by Crippen LogP contribution is -2.39. The average Bonchev–Trinajstić information content (AvgIpc) is 3.35. The highest BCUT2D eigenvalue weighted by Crippen LogP contribution is 2.33. The maximum atomic E-state index is 13.3. The number of nitrogens with zero attached hydrogens (tertiary/aromatic N) is 2. The molecule has 0 radical (unpaired) electrons. The van der Waals surface area contributed by atoms with E-state index in [9.17, 15) is 9.59 Å². The highest BCUT2D eigenvalue weighted by molar-refractivity contribution is 9.10. The van der Waals surface area contributed by atoms with Gasteiger partial charge in [0.1, 0.15) is 10.6 Å². The van der Waals surface area contributed by atoms with Crippen LogP contribution in [0.5, 0.6) is 0 Å². The van der Waals surface area contributed by atoms with Gasteiger partial charge in [0.15, 0.2) is 4.80 Å². The second kappa shape index (κ2) is 8.71. The summed E-state index contributed by atoms with van der Waals surface area (Å²) in [4.78, 5) is 32.0. The summed E-state index contributed by atoms with van der Waals surface area (Å²) in [7, 11) is 0. The lowest BCUT2D eigenvalue weighted by atomic mass is 10.0. The molecule has 9 heteroatoms. The van der Waals surface area contributed by atoms with Crippen molar-refractivity contribution in [2.24, 2.45) is 4.99 Å². The van der Waals surface area contributed by atoms with Crippen LogP contribution in [0.25, 0.3) is 6.20 Å². The number of fused-ring (bicyclic) bond motifs is 1. The van der Waals surface area contributed by atoms with Crippen LogP contribution in [0.3, 0.4) is 0 Å². The Labute approximate surface area is 189 Å². The molecule has 0 fully saturated rings. The monoisotopic (exact) mass is 503 g/mol. The van der Waals surface area contributed by atoms with Gasteiger partial charge in [0.2, 0.25) is 0 Å². The largest absolute Gasteiger partial charge is 0.463 e. The SMILES string of the molecule is CCOC(=O)C1=C(C)N=c2s/c(=C\Nc3ccc(Br)cc3)c(=O)n2[C@H]1c1cccs1. The molecule has 1 N–H and O–H groups in total. The molecule has 1 aromatic carbocycles. The number of carbonyl (C=O) groups excluding carboxylic acids is 1. The highest BCUT2D eigenvalue weighted by Gasteiger charge is 2.33. The van der Waals surface area contributed by atoms with Crippen molar-refractivity contribution < 1.29 is 9.53 Å². The molecular formula is C21H18BrN3O3S2. The predicted octanol–water partition coefficient (Wildman–Crippen LogP) is 3.64. The number of hydrogen-bond donors (Lipinski definition) is 1. The number of anilines is 1. The van der Waals surface area contributed by atoms with Crippen molar-refractivity contribution in [3.8, 4) is 0 Å². The maximum Gasteiger partial charge on any atom is 0.338 e. The van der Waals surface area contributed by atoms with Crippen LogP contribution in [0.15, 0.2) is 67.3 Å². The quantitative estimate of drug-likeness (QED) is 0.539. The molecule has 30 heavy (non-hydrogen) atoms. The van der Waals surface area contributed by atoms with E-state index in [2.05, 4.69) is 26.2 Å². The van der Waals surface area contributed by atoms with Crippen LogP contribution in [-0.4, -0.2) is 17.1 Å². The van der Waals surface area contributed by atoms with Gasteiger partial charge >= 0.3 is 5.97 Å². The third kappa shape index (κ3) is 3.92. The van der Waals surface area contributed by atoms with Gasteiger partial charge in [-0.2, -0.15) is 0 Å². The van der Waals surface area contributed by atoms with E-state index in [0.29, 0.717) is 20.6 Å². The summed E-state index contributed by atoms with van der Waals surface area (Å²) in [6, 6.07) is 10.9. The Morgan fingerprint density at radius 3 is 2.77 bits per heavy atom. The van der Waals surface area contributed by atoms with Crippen molar-refractivity contribution in [3.63, 3.8) is 0 Å². The van der Waals surface area contributed by atoms with Gasteiger partial charge in [-0.05, 0) is 49.6 Å². The topological polar surface area (TPSA) is 72.7 Å². The van der Waals surface area contributed by atoms with Gasteiger partial charge in [0, 0.05) is 21.2 Å². The van der Waals surface area contributed by atoms with Crippen molar-refractivity contribution in [2.45, 2.75) is 19.9 Å². The third-order valence-electron chi connectivity index (χ3n) is 4.54. The zero-order chi connectivity index (χ0) is 21.3. The minimum absolute atomic E-state index is 0.198. The number of esters is 1. The summed E-state index contributed by atoms with van der Waals surface area (Å²) in [5, 5.41) is 5.09. The van der Waals surface area contributed by atoms with E-state index in [-0.39, 0.29) is 12.2 Å². The number of rotatable bonds is 5. The molecule has 2 aromatic heterocycles. The molecule has 0 bridgehead atoms. The molecule has 1 aliphatic rings. The number of hydrogen-bond acceptors (Lipinski definition) is 7.